The lowest BCUT2D eigenvalue weighted by Gasteiger charge is -2.11. The van der Waals surface area contributed by atoms with Gasteiger partial charge in [-0.25, -0.2) is 4.98 Å². The van der Waals surface area contributed by atoms with E-state index in [9.17, 15) is 4.79 Å². The van der Waals surface area contributed by atoms with E-state index in [1.54, 1.807) is 7.11 Å². The molecule has 0 aliphatic rings. The van der Waals surface area contributed by atoms with Crippen molar-refractivity contribution in [2.24, 2.45) is 0 Å². The maximum atomic E-state index is 10.6. The van der Waals surface area contributed by atoms with Crippen molar-refractivity contribution >= 4 is 28.1 Å². The first-order valence-electron chi connectivity index (χ1n) is 6.58. The van der Waals surface area contributed by atoms with Gasteiger partial charge in [-0.3, -0.25) is 4.79 Å². The van der Waals surface area contributed by atoms with Crippen LogP contribution in [-0.2, 0) is 11.2 Å². The van der Waals surface area contributed by atoms with Crippen LogP contribution in [-0.4, -0.2) is 23.2 Å². The zero-order valence-electron chi connectivity index (χ0n) is 12.3. The Labute approximate surface area is 127 Å². The van der Waals surface area contributed by atoms with Crippen molar-refractivity contribution in [3.05, 3.63) is 34.3 Å². The Morgan fingerprint density at radius 1 is 1.38 bits per heavy atom. The summed E-state index contributed by atoms with van der Waals surface area (Å²) in [5, 5.41) is 14.6. The highest BCUT2D eigenvalue weighted by atomic mass is 32.1. The number of hydrogen-bond acceptors (Lipinski definition) is 5. The fourth-order valence-corrected chi connectivity index (χ4v) is 2.95. The molecule has 0 spiro atoms. The van der Waals surface area contributed by atoms with Crippen molar-refractivity contribution < 1.29 is 14.6 Å². The maximum Gasteiger partial charge on any atom is 0.303 e. The number of carboxylic acids is 1. The third-order valence-corrected chi connectivity index (χ3v) is 3.87. The molecule has 0 aliphatic heterocycles. The zero-order valence-corrected chi connectivity index (χ0v) is 13.1. The van der Waals surface area contributed by atoms with E-state index in [0.29, 0.717) is 6.42 Å². The maximum absolute atomic E-state index is 10.6. The van der Waals surface area contributed by atoms with Gasteiger partial charge in [-0.15, -0.1) is 11.3 Å². The summed E-state index contributed by atoms with van der Waals surface area (Å²) in [6, 6.07) is 4.01. The predicted octanol–water partition coefficient (Wildman–Crippen LogP) is 3.53. The monoisotopic (exact) mass is 306 g/mol. The molecule has 0 aliphatic carbocycles. The zero-order chi connectivity index (χ0) is 15.4. The second kappa shape index (κ2) is 6.58. The minimum atomic E-state index is -0.807. The van der Waals surface area contributed by atoms with Crippen LogP contribution in [0.4, 0.5) is 10.8 Å². The van der Waals surface area contributed by atoms with Crippen LogP contribution >= 0.6 is 11.3 Å². The van der Waals surface area contributed by atoms with Crippen LogP contribution in [0.25, 0.3) is 0 Å². The molecule has 0 bridgehead atoms. The van der Waals surface area contributed by atoms with E-state index < -0.39 is 5.97 Å². The molecule has 0 fully saturated rings. The third-order valence-electron chi connectivity index (χ3n) is 3.06. The van der Waals surface area contributed by atoms with Gasteiger partial charge in [0, 0.05) is 17.5 Å². The molecule has 0 saturated heterocycles. The van der Waals surface area contributed by atoms with Crippen LogP contribution in [0.1, 0.15) is 23.2 Å². The van der Waals surface area contributed by atoms with E-state index in [2.05, 4.69) is 10.3 Å². The third kappa shape index (κ3) is 3.95. The molecule has 112 valence electrons. The molecular weight excluding hydrogens is 288 g/mol. The summed E-state index contributed by atoms with van der Waals surface area (Å²) in [7, 11) is 1.66. The average molecular weight is 306 g/mol. The van der Waals surface area contributed by atoms with Crippen molar-refractivity contribution in [1.82, 2.24) is 4.98 Å². The normalized spacial score (nSPS) is 10.4. The molecule has 2 rings (SSSR count). The van der Waals surface area contributed by atoms with Gasteiger partial charge in [0.15, 0.2) is 5.13 Å². The molecule has 0 amide bonds. The Hall–Kier alpha value is -2.08. The van der Waals surface area contributed by atoms with Crippen LogP contribution in [0.5, 0.6) is 5.75 Å². The fraction of sp³-hybridized carbons (Fsp3) is 0.333. The van der Waals surface area contributed by atoms with E-state index in [0.717, 1.165) is 33.4 Å². The summed E-state index contributed by atoms with van der Waals surface area (Å²) in [4.78, 5) is 14.9. The number of thiazole rings is 1. The van der Waals surface area contributed by atoms with Crippen LogP contribution < -0.4 is 10.1 Å². The van der Waals surface area contributed by atoms with Crippen molar-refractivity contribution in [3.8, 4) is 5.75 Å². The Morgan fingerprint density at radius 3 is 2.62 bits per heavy atom. The first-order valence-corrected chi connectivity index (χ1v) is 7.46. The first-order chi connectivity index (χ1) is 9.99. The summed E-state index contributed by atoms with van der Waals surface area (Å²) >= 11 is 1.47. The van der Waals surface area contributed by atoms with E-state index in [1.165, 1.54) is 11.3 Å². The first kappa shape index (κ1) is 15.3. The number of carboxylic acid groups (broad SMARTS) is 1. The minimum absolute atomic E-state index is 0.101. The molecule has 6 heteroatoms. The van der Waals surface area contributed by atoms with Crippen LogP contribution in [0.15, 0.2) is 17.5 Å². The smallest absolute Gasteiger partial charge is 0.303 e. The molecule has 1 aromatic heterocycles. The second-order valence-electron chi connectivity index (χ2n) is 4.81. The topological polar surface area (TPSA) is 71.5 Å². The summed E-state index contributed by atoms with van der Waals surface area (Å²) in [6.07, 6.45) is 0.554. The molecule has 21 heavy (non-hydrogen) atoms. The number of aliphatic carboxylic acids is 1. The van der Waals surface area contributed by atoms with E-state index in [-0.39, 0.29) is 6.42 Å². The summed E-state index contributed by atoms with van der Waals surface area (Å²) in [6.45, 7) is 3.99. The molecular formula is C15H18N2O3S. The molecule has 1 heterocycles. The predicted molar refractivity (Wildman–Crippen MR) is 83.8 cm³/mol. The van der Waals surface area contributed by atoms with Gasteiger partial charge in [-0.1, -0.05) is 0 Å². The lowest BCUT2D eigenvalue weighted by molar-refractivity contribution is -0.136. The molecule has 2 N–H and O–H groups in total. The van der Waals surface area contributed by atoms with Crippen LogP contribution in [0.2, 0.25) is 0 Å². The summed E-state index contributed by atoms with van der Waals surface area (Å²) in [5.41, 5.74) is 3.86. The molecule has 1 aromatic carbocycles. The minimum Gasteiger partial charge on any atom is -0.496 e. The molecule has 2 aromatic rings. The number of anilines is 2. The largest absolute Gasteiger partial charge is 0.496 e. The van der Waals surface area contributed by atoms with Crippen molar-refractivity contribution in [1.29, 1.82) is 0 Å². The van der Waals surface area contributed by atoms with Crippen LogP contribution in [0.3, 0.4) is 0 Å². The number of ether oxygens (including phenoxy) is 1. The van der Waals surface area contributed by atoms with Gasteiger partial charge in [0.2, 0.25) is 0 Å². The number of methoxy groups -OCH3 is 1. The fourth-order valence-electron chi connectivity index (χ4n) is 2.18. The highest BCUT2D eigenvalue weighted by molar-refractivity contribution is 7.13. The molecule has 0 radical (unpaired) electrons. The quantitative estimate of drug-likeness (QED) is 0.854. The average Bonchev–Trinajstić information content (AvgIpc) is 2.83. The molecule has 0 saturated carbocycles. The van der Waals surface area contributed by atoms with Gasteiger partial charge in [0.1, 0.15) is 5.75 Å². The lowest BCUT2D eigenvalue weighted by atomic mass is 10.1. The number of aryl methyl sites for hydroxylation is 3. The van der Waals surface area contributed by atoms with E-state index >= 15 is 0 Å². The van der Waals surface area contributed by atoms with Gasteiger partial charge in [-0.2, -0.15) is 0 Å². The van der Waals surface area contributed by atoms with Crippen LogP contribution in [0, 0.1) is 13.8 Å². The number of rotatable bonds is 6. The van der Waals surface area contributed by atoms with Gasteiger partial charge in [0.25, 0.3) is 0 Å². The Morgan fingerprint density at radius 2 is 2.05 bits per heavy atom. The number of benzene rings is 1. The SMILES string of the molecule is COc1c(C)cc(Nc2nc(CCC(=O)O)cs2)cc1C. The molecule has 0 atom stereocenters. The Bertz CT molecular complexity index is 629. The van der Waals surface area contributed by atoms with E-state index in [4.69, 9.17) is 9.84 Å². The number of carbonyl (C=O) groups is 1. The Kier molecular flexibility index (Phi) is 4.80. The number of hydrogen-bond donors (Lipinski definition) is 2. The molecule has 0 unspecified atom stereocenters. The van der Waals surface area contributed by atoms with Gasteiger partial charge in [-0.05, 0) is 37.1 Å². The lowest BCUT2D eigenvalue weighted by Crippen LogP contribution is -1.98. The number of nitrogens with zero attached hydrogens (tertiary/aromatic N) is 1. The number of aromatic nitrogens is 1. The van der Waals surface area contributed by atoms with Gasteiger partial charge >= 0.3 is 5.97 Å². The van der Waals surface area contributed by atoms with Crippen molar-refractivity contribution in [2.45, 2.75) is 26.7 Å². The standard InChI is InChI=1S/C15H18N2O3S/c1-9-6-12(7-10(2)14(9)20-3)17-15-16-11(8-21-15)4-5-13(18)19/h6-8H,4-5H2,1-3H3,(H,16,17)(H,18,19). The number of nitrogens with one attached hydrogen (secondary N) is 1. The van der Waals surface area contributed by atoms with Crippen molar-refractivity contribution in [3.63, 3.8) is 0 Å². The highest BCUT2D eigenvalue weighted by Crippen LogP contribution is 2.29. The summed E-state index contributed by atoms with van der Waals surface area (Å²) < 4.78 is 5.34. The Balaban J connectivity index is 2.10. The van der Waals surface area contributed by atoms with Gasteiger partial charge in [0.05, 0.1) is 19.2 Å². The van der Waals surface area contributed by atoms with E-state index in [1.807, 2.05) is 31.4 Å². The molecule has 5 nitrogen and oxygen atoms in total. The van der Waals surface area contributed by atoms with Crippen molar-refractivity contribution in [2.75, 3.05) is 12.4 Å². The summed E-state index contributed by atoms with van der Waals surface area (Å²) in [5.74, 6) is 0.0840. The van der Waals surface area contributed by atoms with Gasteiger partial charge < -0.3 is 15.2 Å². The highest BCUT2D eigenvalue weighted by Gasteiger charge is 2.08. The second-order valence-corrected chi connectivity index (χ2v) is 5.66.